The minimum absolute atomic E-state index is 0.0383. The molecule has 0 spiro atoms. The van der Waals surface area contributed by atoms with Crippen molar-refractivity contribution in [1.82, 2.24) is 5.32 Å². The number of amides is 2. The van der Waals surface area contributed by atoms with Crippen molar-refractivity contribution < 1.29 is 23.8 Å². The van der Waals surface area contributed by atoms with Crippen LogP contribution >= 0.6 is 11.8 Å². The van der Waals surface area contributed by atoms with Gasteiger partial charge in [-0.15, -0.1) is 0 Å². The van der Waals surface area contributed by atoms with E-state index in [0.717, 1.165) is 17.3 Å². The number of anilines is 1. The Hall–Kier alpha value is -3.64. The zero-order chi connectivity index (χ0) is 24.0. The molecule has 2 N–H and O–H groups in total. The molecule has 0 fully saturated rings. The van der Waals surface area contributed by atoms with Gasteiger partial charge in [0, 0.05) is 18.0 Å². The minimum atomic E-state index is -0.514. The molecule has 2 aromatic carbocycles. The SMILES string of the molecule is COc1cc(C2CC(=O)NC(SCC(=O)Nc3ccc(C)cc3)=C2C#N)cc(OC)c1OC. The second kappa shape index (κ2) is 10.8. The van der Waals surface area contributed by atoms with Crippen molar-refractivity contribution in [3.05, 3.63) is 58.1 Å². The number of ether oxygens (including phenoxy) is 3. The number of methoxy groups -OCH3 is 3. The van der Waals surface area contributed by atoms with Crippen molar-refractivity contribution in [1.29, 1.82) is 5.26 Å². The summed E-state index contributed by atoms with van der Waals surface area (Å²) in [6.07, 6.45) is 0.0845. The quantitative estimate of drug-likeness (QED) is 0.609. The number of nitrogens with one attached hydrogen (secondary N) is 2. The minimum Gasteiger partial charge on any atom is -0.493 e. The van der Waals surface area contributed by atoms with Crippen LogP contribution in [0.3, 0.4) is 0 Å². The molecule has 9 heteroatoms. The average Bonchev–Trinajstić information content (AvgIpc) is 2.82. The Morgan fingerprint density at radius 3 is 2.33 bits per heavy atom. The molecule has 172 valence electrons. The molecule has 8 nitrogen and oxygen atoms in total. The molecule has 1 heterocycles. The zero-order valence-electron chi connectivity index (χ0n) is 18.9. The van der Waals surface area contributed by atoms with Gasteiger partial charge < -0.3 is 24.8 Å². The lowest BCUT2D eigenvalue weighted by Crippen LogP contribution is -2.31. The van der Waals surface area contributed by atoms with E-state index in [2.05, 4.69) is 16.7 Å². The lowest BCUT2D eigenvalue weighted by Gasteiger charge is -2.26. The molecule has 0 bridgehead atoms. The number of aryl methyl sites for hydroxylation is 1. The van der Waals surface area contributed by atoms with Crippen LogP contribution in [0, 0.1) is 18.3 Å². The lowest BCUT2D eigenvalue weighted by atomic mass is 9.86. The summed E-state index contributed by atoms with van der Waals surface area (Å²) in [4.78, 5) is 24.9. The number of hydrogen-bond acceptors (Lipinski definition) is 7. The molecule has 1 aliphatic heterocycles. The van der Waals surface area contributed by atoms with E-state index in [1.54, 1.807) is 12.1 Å². The molecule has 2 amide bonds. The number of thioether (sulfide) groups is 1. The van der Waals surface area contributed by atoms with Gasteiger partial charge in [-0.2, -0.15) is 5.26 Å². The van der Waals surface area contributed by atoms with Gasteiger partial charge in [0.25, 0.3) is 0 Å². The number of carbonyl (C=O) groups excluding carboxylic acids is 2. The van der Waals surface area contributed by atoms with Crippen LogP contribution in [-0.4, -0.2) is 38.9 Å². The standard InChI is InChI=1S/C24H25N3O5S/c1-14-5-7-16(8-6-14)26-22(29)13-33-24-18(12-25)17(11-21(28)27-24)15-9-19(30-2)23(32-4)20(10-15)31-3/h5-10,17H,11,13H2,1-4H3,(H,26,29)(H,27,28). The zero-order valence-corrected chi connectivity index (χ0v) is 19.7. The predicted octanol–water partition coefficient (Wildman–Crippen LogP) is 3.73. The van der Waals surface area contributed by atoms with Crippen molar-refractivity contribution in [3.63, 3.8) is 0 Å². The normalized spacial score (nSPS) is 15.4. The fourth-order valence-electron chi connectivity index (χ4n) is 3.49. The maximum atomic E-state index is 12.5. The second-order valence-corrected chi connectivity index (χ2v) is 8.31. The number of hydrogen-bond donors (Lipinski definition) is 2. The molecule has 1 atom stereocenters. The van der Waals surface area contributed by atoms with E-state index in [1.165, 1.54) is 21.3 Å². The van der Waals surface area contributed by atoms with Crippen LogP contribution in [0.4, 0.5) is 5.69 Å². The molecule has 2 aromatic rings. The van der Waals surface area contributed by atoms with Gasteiger partial charge in [0.05, 0.1) is 43.8 Å². The second-order valence-electron chi connectivity index (χ2n) is 7.32. The summed E-state index contributed by atoms with van der Waals surface area (Å²) in [6.45, 7) is 1.97. The summed E-state index contributed by atoms with van der Waals surface area (Å²) in [7, 11) is 4.51. The van der Waals surface area contributed by atoms with Gasteiger partial charge in [-0.25, -0.2) is 0 Å². The number of rotatable bonds is 8. The first-order valence-electron chi connectivity index (χ1n) is 10.1. The molecule has 3 rings (SSSR count). The van der Waals surface area contributed by atoms with Crippen LogP contribution < -0.4 is 24.8 Å². The van der Waals surface area contributed by atoms with E-state index in [0.29, 0.717) is 39.1 Å². The molecule has 1 aliphatic rings. The number of benzene rings is 2. The van der Waals surface area contributed by atoms with Crippen molar-refractivity contribution >= 4 is 29.3 Å². The fraction of sp³-hybridized carbons (Fsp3) is 0.292. The van der Waals surface area contributed by atoms with Crippen molar-refractivity contribution in [2.45, 2.75) is 19.3 Å². The topological polar surface area (TPSA) is 110 Å². The number of allylic oxidation sites excluding steroid dienone is 1. The Kier molecular flexibility index (Phi) is 7.85. The highest BCUT2D eigenvalue weighted by molar-refractivity contribution is 8.03. The molecule has 1 unspecified atom stereocenters. The Labute approximate surface area is 196 Å². The molecule has 0 radical (unpaired) electrons. The van der Waals surface area contributed by atoms with E-state index in [1.807, 2.05) is 31.2 Å². The first-order valence-corrected chi connectivity index (χ1v) is 11.1. The van der Waals surface area contributed by atoms with Crippen molar-refractivity contribution in [2.24, 2.45) is 0 Å². The van der Waals surface area contributed by atoms with Gasteiger partial charge in [-0.3, -0.25) is 9.59 Å². The third-order valence-electron chi connectivity index (χ3n) is 5.13. The van der Waals surface area contributed by atoms with Crippen LogP contribution in [0.25, 0.3) is 0 Å². The third kappa shape index (κ3) is 5.59. The Balaban J connectivity index is 1.85. The highest BCUT2D eigenvalue weighted by atomic mass is 32.2. The lowest BCUT2D eigenvalue weighted by molar-refractivity contribution is -0.121. The Bertz CT molecular complexity index is 1100. The van der Waals surface area contributed by atoms with E-state index in [4.69, 9.17) is 14.2 Å². The van der Waals surface area contributed by atoms with E-state index in [-0.39, 0.29) is 24.0 Å². The predicted molar refractivity (Wildman–Crippen MR) is 127 cm³/mol. The van der Waals surface area contributed by atoms with Gasteiger partial charge in [0.15, 0.2) is 11.5 Å². The fourth-order valence-corrected chi connectivity index (χ4v) is 4.37. The molecule has 0 aliphatic carbocycles. The molecule has 33 heavy (non-hydrogen) atoms. The van der Waals surface area contributed by atoms with Gasteiger partial charge in [-0.1, -0.05) is 29.5 Å². The molecule has 0 saturated heterocycles. The number of nitrogens with zero attached hydrogens (tertiary/aromatic N) is 1. The Morgan fingerprint density at radius 1 is 1.15 bits per heavy atom. The van der Waals surface area contributed by atoms with Gasteiger partial charge in [0.1, 0.15) is 0 Å². The molecule has 0 saturated carbocycles. The average molecular weight is 468 g/mol. The van der Waals surface area contributed by atoms with Crippen LogP contribution in [0.15, 0.2) is 47.0 Å². The first-order chi connectivity index (χ1) is 15.9. The highest BCUT2D eigenvalue weighted by Crippen LogP contribution is 2.44. The van der Waals surface area contributed by atoms with Crippen LogP contribution in [0.5, 0.6) is 17.2 Å². The van der Waals surface area contributed by atoms with Gasteiger partial charge >= 0.3 is 0 Å². The molecule has 0 aromatic heterocycles. The summed E-state index contributed by atoms with van der Waals surface area (Å²) in [5.41, 5.74) is 2.83. The largest absolute Gasteiger partial charge is 0.493 e. The summed E-state index contributed by atoms with van der Waals surface area (Å²) in [5, 5.41) is 15.8. The van der Waals surface area contributed by atoms with E-state index in [9.17, 15) is 14.9 Å². The number of nitriles is 1. The van der Waals surface area contributed by atoms with E-state index >= 15 is 0 Å². The summed E-state index contributed by atoms with van der Waals surface area (Å²) in [6, 6.07) is 13.1. The Morgan fingerprint density at radius 2 is 1.79 bits per heavy atom. The smallest absolute Gasteiger partial charge is 0.234 e. The van der Waals surface area contributed by atoms with Gasteiger partial charge in [-0.05, 0) is 36.8 Å². The maximum Gasteiger partial charge on any atom is 0.234 e. The van der Waals surface area contributed by atoms with Crippen LogP contribution in [-0.2, 0) is 9.59 Å². The van der Waals surface area contributed by atoms with Crippen molar-refractivity contribution in [2.75, 3.05) is 32.4 Å². The third-order valence-corrected chi connectivity index (χ3v) is 6.15. The number of carbonyl (C=O) groups is 2. The summed E-state index contributed by atoms with van der Waals surface area (Å²) in [5.74, 6) is 0.334. The summed E-state index contributed by atoms with van der Waals surface area (Å²) >= 11 is 1.12. The monoisotopic (exact) mass is 467 g/mol. The van der Waals surface area contributed by atoms with Gasteiger partial charge in [0.2, 0.25) is 17.6 Å². The van der Waals surface area contributed by atoms with Crippen LogP contribution in [0.2, 0.25) is 0 Å². The maximum absolute atomic E-state index is 12.5. The molecular weight excluding hydrogens is 442 g/mol. The van der Waals surface area contributed by atoms with E-state index < -0.39 is 5.92 Å². The van der Waals surface area contributed by atoms with Crippen LogP contribution in [0.1, 0.15) is 23.5 Å². The summed E-state index contributed by atoms with van der Waals surface area (Å²) < 4.78 is 16.2. The molecular formula is C24H25N3O5S. The van der Waals surface area contributed by atoms with Crippen molar-refractivity contribution in [3.8, 4) is 23.3 Å². The highest BCUT2D eigenvalue weighted by Gasteiger charge is 2.31. The first kappa shape index (κ1) is 24.0.